The smallest absolute Gasteiger partial charge is 0.252 e. The summed E-state index contributed by atoms with van der Waals surface area (Å²) in [5.41, 5.74) is 0.496. The van der Waals surface area contributed by atoms with Gasteiger partial charge in [-0.05, 0) is 28.1 Å². The topological polar surface area (TPSA) is 69.7 Å². The molecule has 1 aromatic carbocycles. The number of benzene rings is 1. The molecule has 1 fully saturated rings. The first-order chi connectivity index (χ1) is 10.1. The number of piperazine rings is 1. The molecule has 0 bridgehead atoms. The Bertz CT molecular complexity index is 542. The number of rotatable bonds is 4. The van der Waals surface area contributed by atoms with E-state index in [1.807, 2.05) is 6.07 Å². The van der Waals surface area contributed by atoms with Crippen LogP contribution in [0.3, 0.4) is 0 Å². The number of halogens is 1. The van der Waals surface area contributed by atoms with Gasteiger partial charge in [0, 0.05) is 30.7 Å². The van der Waals surface area contributed by atoms with Crippen molar-refractivity contribution in [1.82, 2.24) is 15.1 Å². The first kappa shape index (κ1) is 15.5. The summed E-state index contributed by atoms with van der Waals surface area (Å²) in [6.45, 7) is 2.03. The van der Waals surface area contributed by atoms with E-state index in [1.165, 1.54) is 0 Å². The molecule has 112 valence electrons. The highest BCUT2D eigenvalue weighted by atomic mass is 79.9. The van der Waals surface area contributed by atoms with Crippen LogP contribution in [0.15, 0.2) is 28.7 Å². The van der Waals surface area contributed by atoms with Gasteiger partial charge in [-0.1, -0.05) is 12.1 Å². The van der Waals surface area contributed by atoms with Gasteiger partial charge in [0.2, 0.25) is 12.3 Å². The minimum atomic E-state index is -0.289. The molecule has 1 heterocycles. The zero-order valence-electron chi connectivity index (χ0n) is 11.4. The molecule has 1 aliphatic rings. The van der Waals surface area contributed by atoms with E-state index in [0.29, 0.717) is 36.2 Å². The van der Waals surface area contributed by atoms with Gasteiger partial charge in [-0.25, -0.2) is 0 Å². The van der Waals surface area contributed by atoms with Gasteiger partial charge in [0.05, 0.1) is 12.1 Å². The molecule has 6 nitrogen and oxygen atoms in total. The molecule has 0 spiro atoms. The fourth-order valence-corrected chi connectivity index (χ4v) is 2.55. The monoisotopic (exact) mass is 353 g/mol. The number of hydrogen-bond acceptors (Lipinski definition) is 3. The van der Waals surface area contributed by atoms with Crippen LogP contribution in [0.5, 0.6) is 0 Å². The van der Waals surface area contributed by atoms with Crippen LogP contribution in [0.25, 0.3) is 0 Å². The van der Waals surface area contributed by atoms with Crippen molar-refractivity contribution < 1.29 is 14.4 Å². The summed E-state index contributed by atoms with van der Waals surface area (Å²) in [7, 11) is 0. The molecule has 3 amide bonds. The van der Waals surface area contributed by atoms with Gasteiger partial charge in [-0.15, -0.1) is 0 Å². The van der Waals surface area contributed by atoms with Crippen molar-refractivity contribution in [2.45, 2.75) is 0 Å². The van der Waals surface area contributed by atoms with Gasteiger partial charge < -0.3 is 15.1 Å². The molecule has 0 aliphatic carbocycles. The Morgan fingerprint density at radius 3 is 2.48 bits per heavy atom. The second-order valence-electron chi connectivity index (χ2n) is 4.68. The second kappa shape index (κ2) is 7.21. The number of carbonyl (C=O) groups is 3. The number of nitrogens with one attached hydrogen (secondary N) is 1. The van der Waals surface area contributed by atoms with Crippen LogP contribution in [0.4, 0.5) is 0 Å². The number of amides is 3. The van der Waals surface area contributed by atoms with Crippen LogP contribution in [-0.2, 0) is 9.59 Å². The fraction of sp³-hybridized carbons (Fsp3) is 0.357. The summed E-state index contributed by atoms with van der Waals surface area (Å²) in [5.74, 6) is -0.427. The highest BCUT2D eigenvalue weighted by Gasteiger charge is 2.20. The molecule has 1 aliphatic heterocycles. The molecule has 1 saturated heterocycles. The lowest BCUT2D eigenvalue weighted by atomic mass is 10.2. The number of hydrogen-bond donors (Lipinski definition) is 1. The van der Waals surface area contributed by atoms with Crippen molar-refractivity contribution in [3.05, 3.63) is 34.3 Å². The van der Waals surface area contributed by atoms with Crippen molar-refractivity contribution in [2.24, 2.45) is 0 Å². The largest absolute Gasteiger partial charge is 0.343 e. The van der Waals surface area contributed by atoms with E-state index in [2.05, 4.69) is 21.2 Å². The van der Waals surface area contributed by atoms with E-state index in [0.717, 1.165) is 6.41 Å². The molecule has 2 rings (SSSR count). The summed E-state index contributed by atoms with van der Waals surface area (Å²) in [6.07, 6.45) is 0.788. The standard InChI is InChI=1S/C14H16BrN3O3/c15-12-4-2-1-3-11(12)14(21)16-9-13(20)18-7-5-17(10-19)6-8-18/h1-4,10H,5-9H2,(H,16,21). The van der Waals surface area contributed by atoms with Crippen LogP contribution in [0.2, 0.25) is 0 Å². The Kier molecular flexibility index (Phi) is 5.32. The third-order valence-electron chi connectivity index (χ3n) is 3.33. The van der Waals surface area contributed by atoms with Gasteiger partial charge in [0.1, 0.15) is 0 Å². The Labute approximate surface area is 131 Å². The molecule has 1 N–H and O–H groups in total. The highest BCUT2D eigenvalue weighted by molar-refractivity contribution is 9.10. The molecule has 0 aromatic heterocycles. The van der Waals surface area contributed by atoms with E-state index >= 15 is 0 Å². The number of carbonyl (C=O) groups excluding carboxylic acids is 3. The maximum absolute atomic E-state index is 12.0. The molecule has 0 atom stereocenters. The quantitative estimate of drug-likeness (QED) is 0.800. The SMILES string of the molecule is O=CN1CCN(C(=O)CNC(=O)c2ccccc2Br)CC1. The zero-order valence-corrected chi connectivity index (χ0v) is 13.0. The zero-order chi connectivity index (χ0) is 15.2. The molecular weight excluding hydrogens is 338 g/mol. The van der Waals surface area contributed by atoms with Crippen molar-refractivity contribution in [1.29, 1.82) is 0 Å². The van der Waals surface area contributed by atoms with E-state index in [9.17, 15) is 14.4 Å². The molecule has 0 unspecified atom stereocenters. The molecular formula is C14H16BrN3O3. The van der Waals surface area contributed by atoms with E-state index in [1.54, 1.807) is 28.0 Å². The average Bonchev–Trinajstić information content (AvgIpc) is 2.52. The highest BCUT2D eigenvalue weighted by Crippen LogP contribution is 2.15. The minimum absolute atomic E-state index is 0.0404. The second-order valence-corrected chi connectivity index (χ2v) is 5.54. The van der Waals surface area contributed by atoms with Crippen LogP contribution in [-0.4, -0.2) is 60.7 Å². The average molecular weight is 354 g/mol. The Morgan fingerprint density at radius 2 is 1.86 bits per heavy atom. The van der Waals surface area contributed by atoms with Crippen molar-refractivity contribution >= 4 is 34.2 Å². The van der Waals surface area contributed by atoms with E-state index in [-0.39, 0.29) is 18.4 Å². The van der Waals surface area contributed by atoms with Gasteiger partial charge in [0.25, 0.3) is 5.91 Å². The lowest BCUT2D eigenvalue weighted by molar-refractivity contribution is -0.134. The predicted molar refractivity (Wildman–Crippen MR) is 80.7 cm³/mol. The Morgan fingerprint density at radius 1 is 1.19 bits per heavy atom. The maximum atomic E-state index is 12.0. The van der Waals surface area contributed by atoms with Crippen molar-refractivity contribution in [3.8, 4) is 0 Å². The van der Waals surface area contributed by atoms with E-state index in [4.69, 9.17) is 0 Å². The van der Waals surface area contributed by atoms with Gasteiger partial charge in [0.15, 0.2) is 0 Å². The van der Waals surface area contributed by atoms with Crippen LogP contribution >= 0.6 is 15.9 Å². The van der Waals surface area contributed by atoms with Crippen molar-refractivity contribution in [3.63, 3.8) is 0 Å². The minimum Gasteiger partial charge on any atom is -0.343 e. The lowest BCUT2D eigenvalue weighted by Crippen LogP contribution is -2.50. The summed E-state index contributed by atoms with van der Waals surface area (Å²) < 4.78 is 0.689. The fourth-order valence-electron chi connectivity index (χ4n) is 2.09. The Hall–Kier alpha value is -1.89. The summed E-state index contributed by atoms with van der Waals surface area (Å²) in [4.78, 5) is 37.9. The third kappa shape index (κ3) is 4.04. The normalized spacial score (nSPS) is 14.7. The van der Waals surface area contributed by atoms with Crippen LogP contribution in [0, 0.1) is 0 Å². The summed E-state index contributed by atoms with van der Waals surface area (Å²) >= 11 is 3.30. The molecule has 0 saturated carbocycles. The molecule has 0 radical (unpaired) electrons. The molecule has 21 heavy (non-hydrogen) atoms. The molecule has 7 heteroatoms. The van der Waals surface area contributed by atoms with Crippen molar-refractivity contribution in [2.75, 3.05) is 32.7 Å². The maximum Gasteiger partial charge on any atom is 0.252 e. The van der Waals surface area contributed by atoms with Crippen LogP contribution in [0.1, 0.15) is 10.4 Å². The predicted octanol–water partition coefficient (Wildman–Crippen LogP) is 0.480. The van der Waals surface area contributed by atoms with Crippen LogP contribution < -0.4 is 5.32 Å². The summed E-state index contributed by atoms with van der Waals surface area (Å²) in [6, 6.07) is 7.04. The first-order valence-corrected chi connectivity index (χ1v) is 7.41. The Balaban J connectivity index is 1.83. The lowest BCUT2D eigenvalue weighted by Gasteiger charge is -2.32. The van der Waals surface area contributed by atoms with Gasteiger partial charge in [-0.2, -0.15) is 0 Å². The third-order valence-corrected chi connectivity index (χ3v) is 4.03. The summed E-state index contributed by atoms with van der Waals surface area (Å²) in [5, 5.41) is 2.62. The number of nitrogens with zero attached hydrogens (tertiary/aromatic N) is 2. The van der Waals surface area contributed by atoms with E-state index < -0.39 is 0 Å². The molecule has 1 aromatic rings. The first-order valence-electron chi connectivity index (χ1n) is 6.61. The van der Waals surface area contributed by atoms with Gasteiger partial charge >= 0.3 is 0 Å². The van der Waals surface area contributed by atoms with Gasteiger partial charge in [-0.3, -0.25) is 14.4 Å².